The molecule has 0 rings (SSSR count). The Labute approximate surface area is 78.9 Å². The van der Waals surface area contributed by atoms with E-state index >= 15 is 0 Å². The third kappa shape index (κ3) is 8.88. The molecule has 0 bridgehead atoms. The number of ether oxygens (including phenoxy) is 2. The Morgan fingerprint density at radius 3 is 2.92 bits per heavy atom. The second kappa shape index (κ2) is 9.06. The van der Waals surface area contributed by atoms with Crippen molar-refractivity contribution in [3.63, 3.8) is 0 Å². The highest BCUT2D eigenvalue weighted by atomic mass is 16.5. The van der Waals surface area contributed by atoms with E-state index in [0.29, 0.717) is 32.8 Å². The fourth-order valence-electron chi connectivity index (χ4n) is 0.688. The van der Waals surface area contributed by atoms with Crippen LogP contribution in [0.2, 0.25) is 0 Å². The number of alkyl carbamates (subject to hydrolysis) is 1. The third-order valence-electron chi connectivity index (χ3n) is 1.22. The van der Waals surface area contributed by atoms with Crippen LogP contribution in [0.1, 0.15) is 13.3 Å². The Balaban J connectivity index is 3.06. The second-order valence-corrected chi connectivity index (χ2v) is 2.38. The minimum atomic E-state index is -0.369. The molecule has 0 saturated carbocycles. The lowest BCUT2D eigenvalue weighted by molar-refractivity contribution is 0.114. The zero-order valence-corrected chi connectivity index (χ0v) is 8.04. The molecule has 0 aliphatic carbocycles. The SMILES string of the molecule is C=CCOCCCOC(=O)NCC. The van der Waals surface area contributed by atoms with Gasteiger partial charge >= 0.3 is 6.09 Å². The summed E-state index contributed by atoms with van der Waals surface area (Å²) < 4.78 is 9.90. The van der Waals surface area contributed by atoms with Crippen molar-refractivity contribution in [2.45, 2.75) is 13.3 Å². The van der Waals surface area contributed by atoms with Crippen molar-refractivity contribution >= 4 is 6.09 Å². The third-order valence-corrected chi connectivity index (χ3v) is 1.22. The Kier molecular flexibility index (Phi) is 8.34. The van der Waals surface area contributed by atoms with E-state index < -0.39 is 0 Å². The largest absolute Gasteiger partial charge is 0.449 e. The van der Waals surface area contributed by atoms with Gasteiger partial charge in [0.05, 0.1) is 19.8 Å². The zero-order valence-electron chi connectivity index (χ0n) is 8.04. The van der Waals surface area contributed by atoms with Crippen LogP contribution < -0.4 is 5.32 Å². The first kappa shape index (κ1) is 12.0. The number of hydrogen-bond acceptors (Lipinski definition) is 3. The molecular formula is C9H17NO3. The Morgan fingerprint density at radius 1 is 1.54 bits per heavy atom. The maximum Gasteiger partial charge on any atom is 0.407 e. The maximum atomic E-state index is 10.7. The Hall–Kier alpha value is -1.03. The lowest BCUT2D eigenvalue weighted by Crippen LogP contribution is -2.24. The summed E-state index contributed by atoms with van der Waals surface area (Å²) in [6.45, 7) is 7.46. The maximum absolute atomic E-state index is 10.7. The topological polar surface area (TPSA) is 47.6 Å². The van der Waals surface area contributed by atoms with E-state index in [-0.39, 0.29) is 6.09 Å². The van der Waals surface area contributed by atoms with Gasteiger partial charge in [-0.15, -0.1) is 6.58 Å². The van der Waals surface area contributed by atoms with Gasteiger partial charge in [-0.3, -0.25) is 0 Å². The predicted molar refractivity (Wildman–Crippen MR) is 50.7 cm³/mol. The van der Waals surface area contributed by atoms with Gasteiger partial charge in [0.15, 0.2) is 0 Å². The van der Waals surface area contributed by atoms with E-state index in [0.717, 1.165) is 0 Å². The van der Waals surface area contributed by atoms with E-state index in [9.17, 15) is 4.79 Å². The number of carbonyl (C=O) groups is 1. The van der Waals surface area contributed by atoms with Gasteiger partial charge in [0.1, 0.15) is 0 Å². The van der Waals surface area contributed by atoms with Crippen molar-refractivity contribution in [1.82, 2.24) is 5.32 Å². The minimum Gasteiger partial charge on any atom is -0.449 e. The Morgan fingerprint density at radius 2 is 2.31 bits per heavy atom. The molecule has 76 valence electrons. The quantitative estimate of drug-likeness (QED) is 0.483. The molecule has 0 aliphatic heterocycles. The highest BCUT2D eigenvalue weighted by molar-refractivity contribution is 5.66. The Bertz CT molecular complexity index is 148. The van der Waals surface area contributed by atoms with Crippen LogP contribution in [-0.4, -0.2) is 32.5 Å². The van der Waals surface area contributed by atoms with Gasteiger partial charge in [0, 0.05) is 13.0 Å². The average molecular weight is 187 g/mol. The smallest absolute Gasteiger partial charge is 0.407 e. The van der Waals surface area contributed by atoms with E-state index in [1.165, 1.54) is 0 Å². The molecule has 1 N–H and O–H groups in total. The molecule has 0 aromatic heterocycles. The van der Waals surface area contributed by atoms with Crippen LogP contribution in [0.25, 0.3) is 0 Å². The summed E-state index contributed by atoms with van der Waals surface area (Å²) in [5.41, 5.74) is 0. The summed E-state index contributed by atoms with van der Waals surface area (Å²) >= 11 is 0. The van der Waals surface area contributed by atoms with Crippen LogP contribution in [0.3, 0.4) is 0 Å². The van der Waals surface area contributed by atoms with Crippen LogP contribution in [0.15, 0.2) is 12.7 Å². The first-order valence-electron chi connectivity index (χ1n) is 4.40. The summed E-state index contributed by atoms with van der Waals surface area (Å²) in [6.07, 6.45) is 2.03. The van der Waals surface area contributed by atoms with Crippen molar-refractivity contribution in [3.05, 3.63) is 12.7 Å². The van der Waals surface area contributed by atoms with Crippen LogP contribution in [0.4, 0.5) is 4.79 Å². The molecule has 0 radical (unpaired) electrons. The fraction of sp³-hybridized carbons (Fsp3) is 0.667. The lowest BCUT2D eigenvalue weighted by atomic mass is 10.5. The first-order chi connectivity index (χ1) is 6.31. The molecule has 4 nitrogen and oxygen atoms in total. The summed E-state index contributed by atoms with van der Waals surface area (Å²) in [4.78, 5) is 10.7. The van der Waals surface area contributed by atoms with E-state index in [1.54, 1.807) is 6.08 Å². The normalized spacial score (nSPS) is 9.31. The molecule has 0 saturated heterocycles. The van der Waals surface area contributed by atoms with Gasteiger partial charge < -0.3 is 14.8 Å². The average Bonchev–Trinajstić information content (AvgIpc) is 2.11. The highest BCUT2D eigenvalue weighted by Crippen LogP contribution is 1.86. The predicted octanol–water partition coefficient (Wildman–Crippen LogP) is 1.33. The van der Waals surface area contributed by atoms with Crippen LogP contribution >= 0.6 is 0 Å². The molecular weight excluding hydrogens is 170 g/mol. The highest BCUT2D eigenvalue weighted by Gasteiger charge is 1.97. The summed E-state index contributed by atoms with van der Waals surface area (Å²) in [5.74, 6) is 0. The fourth-order valence-corrected chi connectivity index (χ4v) is 0.688. The molecule has 4 heteroatoms. The molecule has 0 spiro atoms. The molecule has 0 fully saturated rings. The van der Waals surface area contributed by atoms with Crippen molar-refractivity contribution in [2.75, 3.05) is 26.4 Å². The molecule has 0 aromatic rings. The van der Waals surface area contributed by atoms with Crippen molar-refractivity contribution in [2.24, 2.45) is 0 Å². The monoisotopic (exact) mass is 187 g/mol. The lowest BCUT2D eigenvalue weighted by Gasteiger charge is -2.04. The number of rotatable bonds is 7. The van der Waals surface area contributed by atoms with Gasteiger partial charge in [-0.05, 0) is 6.92 Å². The number of carbonyl (C=O) groups excluding carboxylic acids is 1. The molecule has 0 aliphatic rings. The van der Waals surface area contributed by atoms with Crippen molar-refractivity contribution in [3.8, 4) is 0 Å². The van der Waals surface area contributed by atoms with Crippen LogP contribution in [0.5, 0.6) is 0 Å². The van der Waals surface area contributed by atoms with Crippen molar-refractivity contribution in [1.29, 1.82) is 0 Å². The van der Waals surface area contributed by atoms with Gasteiger partial charge in [-0.1, -0.05) is 6.08 Å². The second-order valence-electron chi connectivity index (χ2n) is 2.38. The number of amides is 1. The minimum absolute atomic E-state index is 0.369. The summed E-state index contributed by atoms with van der Waals surface area (Å²) in [6, 6.07) is 0. The molecule has 13 heavy (non-hydrogen) atoms. The van der Waals surface area contributed by atoms with Gasteiger partial charge in [-0.25, -0.2) is 4.79 Å². The molecule has 1 amide bonds. The van der Waals surface area contributed by atoms with Crippen molar-refractivity contribution < 1.29 is 14.3 Å². The van der Waals surface area contributed by atoms with Crippen LogP contribution in [0, 0.1) is 0 Å². The van der Waals surface area contributed by atoms with E-state index in [1.807, 2.05) is 6.92 Å². The zero-order chi connectivity index (χ0) is 9.94. The van der Waals surface area contributed by atoms with Crippen LogP contribution in [-0.2, 0) is 9.47 Å². The van der Waals surface area contributed by atoms with E-state index in [4.69, 9.17) is 9.47 Å². The van der Waals surface area contributed by atoms with Gasteiger partial charge in [0.2, 0.25) is 0 Å². The molecule has 0 aromatic carbocycles. The van der Waals surface area contributed by atoms with E-state index in [2.05, 4.69) is 11.9 Å². The summed E-state index contributed by atoms with van der Waals surface area (Å²) in [7, 11) is 0. The summed E-state index contributed by atoms with van der Waals surface area (Å²) in [5, 5.41) is 2.53. The molecule has 0 atom stereocenters. The molecule has 0 unspecified atom stereocenters. The number of hydrogen-bond donors (Lipinski definition) is 1. The van der Waals surface area contributed by atoms with Gasteiger partial charge in [0.25, 0.3) is 0 Å². The molecule has 0 heterocycles. The first-order valence-corrected chi connectivity index (χ1v) is 4.40. The van der Waals surface area contributed by atoms with Gasteiger partial charge in [-0.2, -0.15) is 0 Å². The standard InChI is InChI=1S/C9H17NO3/c1-3-6-12-7-5-8-13-9(11)10-4-2/h3H,1,4-8H2,2H3,(H,10,11). The number of nitrogens with one attached hydrogen (secondary N) is 1.